The van der Waals surface area contributed by atoms with E-state index in [1.807, 2.05) is 6.07 Å². The van der Waals surface area contributed by atoms with Crippen LogP contribution in [0.15, 0.2) is 41.4 Å². The summed E-state index contributed by atoms with van der Waals surface area (Å²) in [5.74, 6) is -1.00. The Labute approximate surface area is 132 Å². The fourth-order valence-electron chi connectivity index (χ4n) is 1.63. The van der Waals surface area contributed by atoms with Crippen LogP contribution in [0, 0.1) is 0 Å². The van der Waals surface area contributed by atoms with E-state index >= 15 is 0 Å². The number of hydrogen-bond donors (Lipinski definition) is 2. The van der Waals surface area contributed by atoms with Crippen LogP contribution in [0.3, 0.4) is 0 Å². The fraction of sp³-hybridized carbons (Fsp3) is 0.333. The van der Waals surface area contributed by atoms with Crippen molar-refractivity contribution in [2.75, 3.05) is 0 Å². The van der Waals surface area contributed by atoms with Crippen LogP contribution in [0.4, 0.5) is 0 Å². The van der Waals surface area contributed by atoms with E-state index in [0.717, 1.165) is 4.47 Å². The molecule has 114 valence electrons. The summed E-state index contributed by atoms with van der Waals surface area (Å²) >= 11 is 3.31. The highest BCUT2D eigenvalue weighted by molar-refractivity contribution is 9.10. The van der Waals surface area contributed by atoms with Gasteiger partial charge in [-0.25, -0.2) is 4.79 Å². The number of ether oxygens (including phenoxy) is 1. The second-order valence-electron chi connectivity index (χ2n) is 4.48. The van der Waals surface area contributed by atoms with Crippen LogP contribution >= 0.6 is 15.9 Å². The number of benzene rings is 1. The second kappa shape index (κ2) is 8.46. The standard InChI is InChI=1S/C15H18BrNO4/c1-3-4-8-13(15(19)20)17-14(18)10(2)21-12-7-5-6-11(16)9-12/h3,5-7,9-10,13H,1,4,8H2,2H3,(H,17,18)(H,19,20). The fourth-order valence-corrected chi connectivity index (χ4v) is 2.01. The number of halogens is 1. The molecule has 0 aromatic heterocycles. The van der Waals surface area contributed by atoms with Crippen LogP contribution in [0.25, 0.3) is 0 Å². The summed E-state index contributed by atoms with van der Waals surface area (Å²) in [4.78, 5) is 23.0. The van der Waals surface area contributed by atoms with Gasteiger partial charge in [0.15, 0.2) is 6.10 Å². The number of nitrogens with one attached hydrogen (secondary N) is 1. The SMILES string of the molecule is C=CCCC(NC(=O)C(C)Oc1cccc(Br)c1)C(=O)O. The van der Waals surface area contributed by atoms with Gasteiger partial charge in [0.1, 0.15) is 11.8 Å². The molecule has 0 radical (unpaired) electrons. The topological polar surface area (TPSA) is 75.6 Å². The zero-order valence-electron chi connectivity index (χ0n) is 11.7. The van der Waals surface area contributed by atoms with Gasteiger partial charge in [-0.15, -0.1) is 6.58 Å². The number of allylic oxidation sites excluding steroid dienone is 1. The van der Waals surface area contributed by atoms with Crippen LogP contribution in [0.5, 0.6) is 5.75 Å². The highest BCUT2D eigenvalue weighted by Crippen LogP contribution is 2.18. The van der Waals surface area contributed by atoms with Crippen LogP contribution < -0.4 is 10.1 Å². The molecule has 2 atom stereocenters. The van der Waals surface area contributed by atoms with E-state index in [1.54, 1.807) is 31.2 Å². The van der Waals surface area contributed by atoms with E-state index in [2.05, 4.69) is 27.8 Å². The predicted molar refractivity (Wildman–Crippen MR) is 83.2 cm³/mol. The molecule has 1 aromatic rings. The lowest BCUT2D eigenvalue weighted by Gasteiger charge is -2.18. The summed E-state index contributed by atoms with van der Waals surface area (Å²) in [6.45, 7) is 5.11. The van der Waals surface area contributed by atoms with Crippen molar-refractivity contribution in [2.24, 2.45) is 0 Å². The Kier molecular flexibility index (Phi) is 6.94. The first-order valence-corrected chi connectivity index (χ1v) is 7.29. The monoisotopic (exact) mass is 355 g/mol. The molecule has 0 spiro atoms. The van der Waals surface area contributed by atoms with Gasteiger partial charge in [0, 0.05) is 4.47 Å². The minimum atomic E-state index is -1.07. The zero-order valence-corrected chi connectivity index (χ0v) is 13.3. The van der Waals surface area contributed by atoms with Gasteiger partial charge in [-0.05, 0) is 38.0 Å². The molecule has 0 saturated heterocycles. The molecule has 1 amide bonds. The van der Waals surface area contributed by atoms with Crippen molar-refractivity contribution in [3.05, 3.63) is 41.4 Å². The number of amides is 1. The maximum atomic E-state index is 12.0. The van der Waals surface area contributed by atoms with E-state index in [0.29, 0.717) is 18.6 Å². The maximum absolute atomic E-state index is 12.0. The maximum Gasteiger partial charge on any atom is 0.326 e. The molecule has 6 heteroatoms. The third-order valence-electron chi connectivity index (χ3n) is 2.75. The first-order chi connectivity index (χ1) is 9.93. The molecule has 0 aliphatic rings. The summed E-state index contributed by atoms with van der Waals surface area (Å²) in [7, 11) is 0. The van der Waals surface area contributed by atoms with E-state index in [-0.39, 0.29) is 0 Å². The molecule has 0 bridgehead atoms. The number of carboxylic acid groups (broad SMARTS) is 1. The Hall–Kier alpha value is -1.82. The Morgan fingerprint density at radius 1 is 1.52 bits per heavy atom. The van der Waals surface area contributed by atoms with Gasteiger partial charge in [-0.3, -0.25) is 4.79 Å². The van der Waals surface area contributed by atoms with Gasteiger partial charge < -0.3 is 15.2 Å². The van der Waals surface area contributed by atoms with E-state index in [9.17, 15) is 9.59 Å². The van der Waals surface area contributed by atoms with Crippen molar-refractivity contribution in [2.45, 2.75) is 31.9 Å². The molecule has 1 aromatic carbocycles. The quantitative estimate of drug-likeness (QED) is 0.703. The van der Waals surface area contributed by atoms with E-state index < -0.39 is 24.0 Å². The average Bonchev–Trinajstić information content (AvgIpc) is 2.42. The number of hydrogen-bond acceptors (Lipinski definition) is 3. The molecule has 0 aliphatic heterocycles. The van der Waals surface area contributed by atoms with Crippen molar-refractivity contribution < 1.29 is 19.4 Å². The van der Waals surface area contributed by atoms with Crippen LogP contribution in [0.2, 0.25) is 0 Å². The largest absolute Gasteiger partial charge is 0.481 e. The number of carboxylic acids is 1. The van der Waals surface area contributed by atoms with Gasteiger partial charge >= 0.3 is 5.97 Å². The van der Waals surface area contributed by atoms with Gasteiger partial charge in [0.2, 0.25) is 0 Å². The minimum absolute atomic E-state index is 0.300. The molecule has 2 unspecified atom stereocenters. The second-order valence-corrected chi connectivity index (χ2v) is 5.40. The number of carbonyl (C=O) groups is 2. The molecule has 0 aliphatic carbocycles. The molecular weight excluding hydrogens is 338 g/mol. The summed E-state index contributed by atoms with van der Waals surface area (Å²) in [6, 6.07) is 6.14. The Morgan fingerprint density at radius 2 is 2.24 bits per heavy atom. The van der Waals surface area contributed by atoms with Gasteiger partial charge in [-0.1, -0.05) is 28.1 Å². The molecule has 1 rings (SSSR count). The Morgan fingerprint density at radius 3 is 2.81 bits per heavy atom. The van der Waals surface area contributed by atoms with Crippen LogP contribution in [-0.2, 0) is 9.59 Å². The van der Waals surface area contributed by atoms with E-state index in [1.165, 1.54) is 0 Å². The van der Waals surface area contributed by atoms with Crippen molar-refractivity contribution in [1.29, 1.82) is 0 Å². The summed E-state index contributed by atoms with van der Waals surface area (Å²) in [6.07, 6.45) is 1.64. The molecule has 5 nitrogen and oxygen atoms in total. The van der Waals surface area contributed by atoms with E-state index in [4.69, 9.17) is 9.84 Å². The number of aliphatic carboxylic acids is 1. The summed E-state index contributed by atoms with van der Waals surface area (Å²) in [5.41, 5.74) is 0. The number of rotatable bonds is 8. The average molecular weight is 356 g/mol. The molecule has 0 heterocycles. The van der Waals surface area contributed by atoms with Crippen LogP contribution in [-0.4, -0.2) is 29.1 Å². The molecular formula is C15H18BrNO4. The highest BCUT2D eigenvalue weighted by Gasteiger charge is 2.23. The zero-order chi connectivity index (χ0) is 15.8. The molecule has 0 saturated carbocycles. The smallest absolute Gasteiger partial charge is 0.326 e. The molecule has 21 heavy (non-hydrogen) atoms. The molecule has 2 N–H and O–H groups in total. The predicted octanol–water partition coefficient (Wildman–Crippen LogP) is 2.75. The lowest BCUT2D eigenvalue weighted by molar-refractivity contribution is -0.143. The number of carbonyl (C=O) groups excluding carboxylic acids is 1. The molecule has 0 fully saturated rings. The van der Waals surface area contributed by atoms with Crippen molar-refractivity contribution >= 4 is 27.8 Å². The lowest BCUT2D eigenvalue weighted by atomic mass is 10.1. The summed E-state index contributed by atoms with van der Waals surface area (Å²) in [5, 5.41) is 11.5. The third-order valence-corrected chi connectivity index (χ3v) is 3.25. The third kappa shape index (κ3) is 5.99. The lowest BCUT2D eigenvalue weighted by Crippen LogP contribution is -2.46. The summed E-state index contributed by atoms with van der Waals surface area (Å²) < 4.78 is 6.32. The van der Waals surface area contributed by atoms with Crippen molar-refractivity contribution in [3.8, 4) is 5.75 Å². The van der Waals surface area contributed by atoms with Gasteiger partial charge in [0.05, 0.1) is 0 Å². The van der Waals surface area contributed by atoms with Crippen LogP contribution in [0.1, 0.15) is 19.8 Å². The van der Waals surface area contributed by atoms with Gasteiger partial charge in [0.25, 0.3) is 5.91 Å². The van der Waals surface area contributed by atoms with Gasteiger partial charge in [-0.2, -0.15) is 0 Å². The normalized spacial score (nSPS) is 13.0. The van der Waals surface area contributed by atoms with Crippen molar-refractivity contribution in [1.82, 2.24) is 5.32 Å². The Balaban J connectivity index is 2.60. The Bertz CT molecular complexity index is 518. The minimum Gasteiger partial charge on any atom is -0.481 e. The first-order valence-electron chi connectivity index (χ1n) is 6.50. The highest BCUT2D eigenvalue weighted by atomic mass is 79.9. The van der Waals surface area contributed by atoms with Crippen molar-refractivity contribution in [3.63, 3.8) is 0 Å². The first kappa shape index (κ1) is 17.2.